The first-order valence-corrected chi connectivity index (χ1v) is 3.12. The molecule has 0 atom stereocenters. The number of halogens is 2. The first-order valence-electron chi connectivity index (χ1n) is 4.62. The third kappa shape index (κ3) is 1.71. The van der Waals surface area contributed by atoms with Crippen molar-refractivity contribution in [3.05, 3.63) is 33.9 Å². The van der Waals surface area contributed by atoms with Gasteiger partial charge in [0.2, 0.25) is 5.82 Å². The number of hydrogen-bond acceptors (Lipinski definition) is 3. The number of rotatable bonds is 2. The summed E-state index contributed by atoms with van der Waals surface area (Å²) in [6.07, 6.45) is 0. The molecule has 0 aliphatic rings. The van der Waals surface area contributed by atoms with Crippen LogP contribution in [-0.2, 0) is 0 Å². The van der Waals surface area contributed by atoms with Gasteiger partial charge in [0.15, 0.2) is 0 Å². The third-order valence-electron chi connectivity index (χ3n) is 1.35. The lowest BCUT2D eigenvalue weighted by Gasteiger charge is -2.02. The highest BCUT2D eigenvalue weighted by molar-refractivity contribution is 5.61. The van der Waals surface area contributed by atoms with E-state index in [9.17, 15) is 18.9 Å². The Morgan fingerprint density at radius 2 is 2.31 bits per heavy atom. The van der Waals surface area contributed by atoms with E-state index in [1.807, 2.05) is 0 Å². The standard InChI is InChI=1S/C7H6F2N2O2/c1-10-6-3-4(8)2-5(9)7(6)11(12)13/h2-3,10H,1H3/i1D3. The summed E-state index contributed by atoms with van der Waals surface area (Å²) in [7, 11) is 0. The van der Waals surface area contributed by atoms with Gasteiger partial charge in [-0.05, 0) is 0 Å². The molecule has 1 N–H and O–H groups in total. The molecule has 70 valence electrons. The SMILES string of the molecule is [2H]C([2H])([2H])Nc1cc(F)cc(F)c1[N+](=O)[O-]. The number of nitrogens with one attached hydrogen (secondary N) is 1. The molecule has 1 aromatic carbocycles. The highest BCUT2D eigenvalue weighted by Gasteiger charge is 2.20. The fraction of sp³-hybridized carbons (Fsp3) is 0.143. The molecule has 0 radical (unpaired) electrons. The summed E-state index contributed by atoms with van der Waals surface area (Å²) < 4.78 is 46.2. The van der Waals surface area contributed by atoms with Crippen molar-refractivity contribution in [3.8, 4) is 0 Å². The van der Waals surface area contributed by atoms with Gasteiger partial charge in [-0.2, -0.15) is 4.39 Å². The van der Waals surface area contributed by atoms with Crippen LogP contribution in [0, 0.1) is 21.7 Å². The van der Waals surface area contributed by atoms with Crippen LogP contribution in [0.25, 0.3) is 0 Å². The van der Waals surface area contributed by atoms with E-state index in [2.05, 4.69) is 0 Å². The van der Waals surface area contributed by atoms with E-state index in [1.165, 1.54) is 0 Å². The predicted octanol–water partition coefficient (Wildman–Crippen LogP) is 1.91. The zero-order valence-corrected chi connectivity index (χ0v) is 6.17. The maximum Gasteiger partial charge on any atom is 0.327 e. The Balaban J connectivity index is 3.30. The molecular weight excluding hydrogens is 182 g/mol. The number of hydrogen-bond donors (Lipinski definition) is 1. The quantitative estimate of drug-likeness (QED) is 0.573. The first kappa shape index (κ1) is 5.85. The van der Waals surface area contributed by atoms with Crippen LogP contribution in [0.3, 0.4) is 0 Å². The summed E-state index contributed by atoms with van der Waals surface area (Å²) in [5.74, 6) is -2.54. The van der Waals surface area contributed by atoms with Gasteiger partial charge in [0.1, 0.15) is 11.5 Å². The Labute approximate surface area is 76.5 Å². The molecule has 1 rings (SSSR count). The van der Waals surface area contributed by atoms with E-state index in [-0.39, 0.29) is 0 Å². The molecule has 0 heterocycles. The van der Waals surface area contributed by atoms with Gasteiger partial charge in [0, 0.05) is 23.2 Å². The van der Waals surface area contributed by atoms with Crippen LogP contribution < -0.4 is 5.32 Å². The number of benzene rings is 1. The monoisotopic (exact) mass is 191 g/mol. The third-order valence-corrected chi connectivity index (χ3v) is 1.35. The molecule has 0 aliphatic carbocycles. The van der Waals surface area contributed by atoms with Gasteiger partial charge in [-0.15, -0.1) is 0 Å². The van der Waals surface area contributed by atoms with Crippen molar-refractivity contribution >= 4 is 11.4 Å². The summed E-state index contributed by atoms with van der Waals surface area (Å²) in [6, 6.07) is 0.858. The average molecular weight is 191 g/mol. The number of nitrogens with zero attached hydrogens (tertiary/aromatic N) is 1. The fourth-order valence-electron chi connectivity index (χ4n) is 0.847. The van der Waals surface area contributed by atoms with Crippen LogP contribution in [-0.4, -0.2) is 11.9 Å². The van der Waals surface area contributed by atoms with Crippen molar-refractivity contribution in [2.45, 2.75) is 0 Å². The Hall–Kier alpha value is -1.72. The second-order valence-electron chi connectivity index (χ2n) is 2.17. The van der Waals surface area contributed by atoms with Gasteiger partial charge in [0.25, 0.3) is 0 Å². The fourth-order valence-corrected chi connectivity index (χ4v) is 0.847. The van der Waals surface area contributed by atoms with Crippen LogP contribution in [0.2, 0.25) is 0 Å². The number of anilines is 1. The minimum absolute atomic E-state index is 0.308. The summed E-state index contributed by atoms with van der Waals surface area (Å²) in [6.45, 7) is -2.77. The van der Waals surface area contributed by atoms with Gasteiger partial charge in [0.05, 0.1) is 4.92 Å². The second kappa shape index (κ2) is 3.34. The van der Waals surface area contributed by atoms with Gasteiger partial charge < -0.3 is 5.32 Å². The molecule has 0 aliphatic heterocycles. The van der Waals surface area contributed by atoms with E-state index >= 15 is 0 Å². The molecule has 0 spiro atoms. The summed E-state index contributed by atoms with van der Waals surface area (Å²) in [5.41, 5.74) is -1.82. The summed E-state index contributed by atoms with van der Waals surface area (Å²) in [5, 5.41) is 12.2. The molecule has 13 heavy (non-hydrogen) atoms. The van der Waals surface area contributed by atoms with Crippen molar-refractivity contribution in [2.24, 2.45) is 0 Å². The van der Waals surface area contributed by atoms with Crippen LogP contribution in [0.1, 0.15) is 4.11 Å². The van der Waals surface area contributed by atoms with Gasteiger partial charge in [-0.3, -0.25) is 10.1 Å². The van der Waals surface area contributed by atoms with Crippen LogP contribution in [0.4, 0.5) is 20.2 Å². The number of nitro benzene ring substituents is 1. The molecule has 0 fully saturated rings. The molecule has 0 saturated carbocycles. The van der Waals surface area contributed by atoms with E-state index in [4.69, 9.17) is 4.11 Å². The zero-order valence-electron chi connectivity index (χ0n) is 9.17. The Bertz CT molecular complexity index is 436. The Kier molecular flexibility index (Phi) is 1.50. The van der Waals surface area contributed by atoms with E-state index in [0.29, 0.717) is 12.1 Å². The lowest BCUT2D eigenvalue weighted by atomic mass is 10.2. The lowest BCUT2D eigenvalue weighted by molar-refractivity contribution is -0.386. The molecule has 1 aromatic rings. The zero-order chi connectivity index (χ0) is 12.5. The largest absolute Gasteiger partial charge is 0.382 e. The van der Waals surface area contributed by atoms with Crippen molar-refractivity contribution in [3.63, 3.8) is 0 Å². The normalized spacial score (nSPS) is 14.2. The predicted molar refractivity (Wildman–Crippen MR) is 42.6 cm³/mol. The highest BCUT2D eigenvalue weighted by Crippen LogP contribution is 2.27. The van der Waals surface area contributed by atoms with E-state index in [0.717, 1.165) is 0 Å². The van der Waals surface area contributed by atoms with Crippen molar-refractivity contribution in [2.75, 3.05) is 12.3 Å². The molecular formula is C7H6F2N2O2. The Morgan fingerprint density at radius 1 is 1.62 bits per heavy atom. The second-order valence-corrected chi connectivity index (χ2v) is 2.17. The molecule has 0 unspecified atom stereocenters. The molecule has 0 bridgehead atoms. The van der Waals surface area contributed by atoms with Gasteiger partial charge >= 0.3 is 5.69 Å². The minimum atomic E-state index is -2.77. The molecule has 4 nitrogen and oxygen atoms in total. The van der Waals surface area contributed by atoms with Gasteiger partial charge in [-0.25, -0.2) is 4.39 Å². The van der Waals surface area contributed by atoms with Crippen molar-refractivity contribution in [1.29, 1.82) is 0 Å². The maximum absolute atomic E-state index is 13.0. The first-order chi connectivity index (χ1) is 7.20. The van der Waals surface area contributed by atoms with Crippen LogP contribution >= 0.6 is 0 Å². The van der Waals surface area contributed by atoms with E-state index < -0.39 is 34.9 Å². The number of nitro groups is 1. The van der Waals surface area contributed by atoms with Gasteiger partial charge in [-0.1, -0.05) is 0 Å². The highest BCUT2D eigenvalue weighted by atomic mass is 19.1. The average Bonchev–Trinajstić information content (AvgIpc) is 1.96. The van der Waals surface area contributed by atoms with Crippen LogP contribution in [0.15, 0.2) is 12.1 Å². The maximum atomic E-state index is 13.0. The van der Waals surface area contributed by atoms with Crippen molar-refractivity contribution in [1.82, 2.24) is 0 Å². The van der Waals surface area contributed by atoms with Crippen LogP contribution in [0.5, 0.6) is 0 Å². The molecule has 0 amide bonds. The topological polar surface area (TPSA) is 55.2 Å². The smallest absolute Gasteiger partial charge is 0.327 e. The molecule has 0 aromatic heterocycles. The molecule has 6 heteroatoms. The summed E-state index contributed by atoms with van der Waals surface area (Å²) in [4.78, 5) is 9.34. The summed E-state index contributed by atoms with van der Waals surface area (Å²) >= 11 is 0. The van der Waals surface area contributed by atoms with E-state index in [1.54, 1.807) is 5.32 Å². The lowest BCUT2D eigenvalue weighted by Crippen LogP contribution is -2.00. The Morgan fingerprint density at radius 3 is 2.85 bits per heavy atom. The van der Waals surface area contributed by atoms with Crippen molar-refractivity contribution < 1.29 is 17.8 Å². The molecule has 0 saturated heterocycles. The minimum Gasteiger partial charge on any atom is -0.382 e.